The number of aliphatic hydroxyl groups is 1. The minimum Gasteiger partial charge on any atom is -0.390 e. The Bertz CT molecular complexity index is 914. The molecule has 0 bridgehead atoms. The van der Waals surface area contributed by atoms with Crippen molar-refractivity contribution < 1.29 is 9.90 Å². The summed E-state index contributed by atoms with van der Waals surface area (Å²) in [7, 11) is 0. The summed E-state index contributed by atoms with van der Waals surface area (Å²) in [6.07, 6.45) is 13.4. The zero-order chi connectivity index (χ0) is 22.0. The van der Waals surface area contributed by atoms with Crippen LogP contribution in [0.2, 0.25) is 0 Å². The largest absolute Gasteiger partial charge is 0.390 e. The van der Waals surface area contributed by atoms with E-state index in [1.807, 2.05) is 6.92 Å². The van der Waals surface area contributed by atoms with Crippen LogP contribution in [0.4, 0.5) is 0 Å². The third-order valence-electron chi connectivity index (χ3n) is 10.5. The Labute approximate surface area is 186 Å². The van der Waals surface area contributed by atoms with Gasteiger partial charge in [0.15, 0.2) is 5.78 Å². The van der Waals surface area contributed by atoms with Crippen molar-refractivity contribution in [2.45, 2.75) is 90.7 Å². The summed E-state index contributed by atoms with van der Waals surface area (Å²) in [4.78, 5) is 17.4. The number of nitrogens with zero attached hydrogens (tertiary/aromatic N) is 3. The van der Waals surface area contributed by atoms with Gasteiger partial charge in [0.2, 0.25) is 5.82 Å². The monoisotopic (exact) mass is 423 g/mol. The first-order chi connectivity index (χ1) is 14.7. The van der Waals surface area contributed by atoms with Crippen molar-refractivity contribution in [1.82, 2.24) is 9.55 Å². The minimum absolute atomic E-state index is 0.0923. The van der Waals surface area contributed by atoms with E-state index < -0.39 is 5.60 Å². The molecule has 0 saturated heterocycles. The first-order valence-corrected chi connectivity index (χ1v) is 12.3. The lowest BCUT2D eigenvalue weighted by Crippen LogP contribution is -2.55. The van der Waals surface area contributed by atoms with E-state index in [0.29, 0.717) is 23.1 Å². The van der Waals surface area contributed by atoms with Gasteiger partial charge in [-0.1, -0.05) is 13.8 Å². The molecule has 0 aromatic carbocycles. The number of nitriles is 1. The number of hydrogen-bond donors (Lipinski definition) is 1. The Morgan fingerprint density at radius 1 is 1.13 bits per heavy atom. The van der Waals surface area contributed by atoms with Crippen molar-refractivity contribution in [2.75, 3.05) is 0 Å². The maximum atomic E-state index is 13.4. The Hall–Kier alpha value is -1.67. The summed E-state index contributed by atoms with van der Waals surface area (Å²) < 4.78 is 1.71. The van der Waals surface area contributed by atoms with Crippen LogP contribution in [-0.2, 0) is 11.3 Å². The van der Waals surface area contributed by atoms with Crippen LogP contribution in [0.3, 0.4) is 0 Å². The molecule has 1 N–H and O–H groups in total. The first-order valence-electron chi connectivity index (χ1n) is 12.3. The fourth-order valence-electron chi connectivity index (χ4n) is 8.79. The molecule has 0 unspecified atom stereocenters. The summed E-state index contributed by atoms with van der Waals surface area (Å²) in [5.41, 5.74) is -0.0389. The molecule has 1 heterocycles. The molecule has 1 aromatic heterocycles. The predicted molar refractivity (Wildman–Crippen MR) is 118 cm³/mol. The van der Waals surface area contributed by atoms with Gasteiger partial charge in [0.05, 0.1) is 12.1 Å². The van der Waals surface area contributed by atoms with Crippen molar-refractivity contribution >= 4 is 5.78 Å². The van der Waals surface area contributed by atoms with Crippen LogP contribution in [0.5, 0.6) is 0 Å². The van der Waals surface area contributed by atoms with E-state index in [2.05, 4.69) is 24.9 Å². The molecule has 0 aliphatic heterocycles. The highest BCUT2D eigenvalue weighted by Gasteiger charge is 2.61. The lowest BCUT2D eigenvalue weighted by molar-refractivity contribution is -0.151. The van der Waals surface area contributed by atoms with Crippen molar-refractivity contribution in [1.29, 1.82) is 5.26 Å². The van der Waals surface area contributed by atoms with E-state index in [0.717, 1.165) is 43.9 Å². The highest BCUT2D eigenvalue weighted by Crippen LogP contribution is 2.68. The van der Waals surface area contributed by atoms with Gasteiger partial charge >= 0.3 is 0 Å². The Morgan fingerprint density at radius 2 is 1.90 bits per heavy atom. The van der Waals surface area contributed by atoms with Crippen LogP contribution in [0.25, 0.3) is 0 Å². The highest BCUT2D eigenvalue weighted by atomic mass is 16.3. The molecule has 0 radical (unpaired) electrons. The Balaban J connectivity index is 1.35. The molecule has 31 heavy (non-hydrogen) atoms. The second kappa shape index (κ2) is 7.17. The van der Waals surface area contributed by atoms with Crippen LogP contribution in [0, 0.1) is 51.8 Å². The minimum atomic E-state index is -0.485. The highest BCUT2D eigenvalue weighted by molar-refractivity contribution is 5.82. The van der Waals surface area contributed by atoms with Gasteiger partial charge in [-0.2, -0.15) is 5.26 Å². The number of carbonyl (C=O) groups is 1. The number of carbonyl (C=O) groups excluding carboxylic acids is 1. The molecule has 1 aromatic rings. The van der Waals surface area contributed by atoms with E-state index in [1.165, 1.54) is 25.7 Å². The predicted octanol–water partition coefficient (Wildman–Crippen LogP) is 4.73. The summed E-state index contributed by atoms with van der Waals surface area (Å²) in [6.45, 7) is 7.22. The molecule has 8 atom stereocenters. The molecule has 4 saturated carbocycles. The molecular weight excluding hydrogens is 386 g/mol. The van der Waals surface area contributed by atoms with Gasteiger partial charge in [-0.25, -0.2) is 4.98 Å². The number of hydrogen-bond acceptors (Lipinski definition) is 4. The molecular formula is C26H37N3O2. The summed E-state index contributed by atoms with van der Waals surface area (Å²) >= 11 is 0. The third kappa shape index (κ3) is 3.20. The SMILES string of the molecule is C[C@@]1(O)CC[C@@]2(C)[C@H](CC[C@@H]3[C@@H]2CC[C@]2(C)[C@@H](C(=O)Cn4ccnc4C#N)CC[C@@H]32)C1. The van der Waals surface area contributed by atoms with Crippen LogP contribution >= 0.6 is 0 Å². The van der Waals surface area contributed by atoms with Gasteiger partial charge < -0.3 is 9.67 Å². The quantitative estimate of drug-likeness (QED) is 0.762. The van der Waals surface area contributed by atoms with Crippen molar-refractivity contribution in [3.8, 4) is 6.07 Å². The lowest BCUT2D eigenvalue weighted by Gasteiger charge is -2.61. The average Bonchev–Trinajstić information content (AvgIpc) is 3.31. The zero-order valence-corrected chi connectivity index (χ0v) is 19.3. The molecule has 4 aliphatic rings. The number of aromatic nitrogens is 2. The van der Waals surface area contributed by atoms with Gasteiger partial charge in [0.1, 0.15) is 6.07 Å². The van der Waals surface area contributed by atoms with Gasteiger partial charge in [-0.05, 0) is 99.2 Å². The van der Waals surface area contributed by atoms with Crippen LogP contribution in [0.15, 0.2) is 12.4 Å². The van der Waals surface area contributed by atoms with Crippen LogP contribution in [0.1, 0.15) is 84.4 Å². The molecule has 0 amide bonds. The smallest absolute Gasteiger partial charge is 0.213 e. The molecule has 5 rings (SSSR count). The van der Waals surface area contributed by atoms with Gasteiger partial charge in [-0.15, -0.1) is 0 Å². The molecule has 168 valence electrons. The second-order valence-electron chi connectivity index (χ2n) is 12.0. The van der Waals surface area contributed by atoms with E-state index in [1.54, 1.807) is 17.0 Å². The maximum Gasteiger partial charge on any atom is 0.213 e. The van der Waals surface area contributed by atoms with Gasteiger partial charge in [-0.3, -0.25) is 4.79 Å². The second-order valence-corrected chi connectivity index (χ2v) is 12.0. The summed E-state index contributed by atoms with van der Waals surface area (Å²) in [5, 5.41) is 19.9. The van der Waals surface area contributed by atoms with Crippen molar-refractivity contribution in [3.63, 3.8) is 0 Å². The normalized spacial score (nSPS) is 46.5. The number of imidazole rings is 1. The maximum absolute atomic E-state index is 13.4. The van der Waals surface area contributed by atoms with Crippen LogP contribution in [-0.4, -0.2) is 26.0 Å². The molecule has 4 fully saturated rings. The molecule has 4 aliphatic carbocycles. The van der Waals surface area contributed by atoms with E-state index >= 15 is 0 Å². The number of rotatable bonds is 3. The Kier molecular flexibility index (Phi) is 4.90. The number of ketones is 1. The summed E-state index contributed by atoms with van der Waals surface area (Å²) in [6, 6.07) is 2.09. The van der Waals surface area contributed by atoms with Gasteiger partial charge in [0.25, 0.3) is 0 Å². The topological polar surface area (TPSA) is 78.9 Å². The summed E-state index contributed by atoms with van der Waals surface area (Å²) in [5.74, 6) is 3.47. The van der Waals surface area contributed by atoms with Crippen molar-refractivity contribution in [3.05, 3.63) is 18.2 Å². The average molecular weight is 424 g/mol. The third-order valence-corrected chi connectivity index (χ3v) is 10.5. The first kappa shape index (κ1) is 21.2. The Morgan fingerprint density at radius 3 is 2.68 bits per heavy atom. The lowest BCUT2D eigenvalue weighted by atomic mass is 9.44. The van der Waals surface area contributed by atoms with E-state index in [-0.39, 0.29) is 23.7 Å². The number of Topliss-reactive ketones (excluding diaryl/α,β-unsaturated/α-hetero) is 1. The van der Waals surface area contributed by atoms with Crippen molar-refractivity contribution in [2.24, 2.45) is 40.4 Å². The molecule has 5 heteroatoms. The van der Waals surface area contributed by atoms with E-state index in [9.17, 15) is 15.2 Å². The zero-order valence-electron chi connectivity index (χ0n) is 19.3. The molecule has 0 spiro atoms. The van der Waals surface area contributed by atoms with E-state index in [4.69, 9.17) is 0 Å². The fourth-order valence-corrected chi connectivity index (χ4v) is 8.79. The van der Waals surface area contributed by atoms with Gasteiger partial charge in [0, 0.05) is 18.3 Å². The van der Waals surface area contributed by atoms with Crippen LogP contribution < -0.4 is 0 Å². The fraction of sp³-hybridized carbons (Fsp3) is 0.808. The number of fused-ring (bicyclic) bond motifs is 5. The molecule has 5 nitrogen and oxygen atoms in total. The standard InChI is InChI=1S/C26H37N3O2/c1-24(31)10-11-25(2)17(14-24)4-5-18-19-6-7-21(26(19,3)9-8-20(18)25)22(30)16-29-13-12-28-23(29)15-27/h12-13,17-21,31H,4-11,14,16H2,1-3H3/t17-,18+,19+,20+,21-,24-,25+,26+/m1/s1.